The van der Waals surface area contributed by atoms with Gasteiger partial charge in [-0.3, -0.25) is 0 Å². The van der Waals surface area contributed by atoms with Crippen molar-refractivity contribution in [3.05, 3.63) is 0 Å². The van der Waals surface area contributed by atoms with Crippen LogP contribution in [0.3, 0.4) is 0 Å². The first-order chi connectivity index (χ1) is 5.70. The second-order valence-corrected chi connectivity index (χ2v) is 3.88. The maximum Gasteiger partial charge on any atom is 0.0837 e. The van der Waals surface area contributed by atoms with Crippen LogP contribution in [-0.4, -0.2) is 23.4 Å². The van der Waals surface area contributed by atoms with Gasteiger partial charge in [0.15, 0.2) is 0 Å². The molecule has 1 unspecified atom stereocenters. The van der Waals surface area contributed by atoms with Crippen LogP contribution in [0, 0.1) is 0 Å². The van der Waals surface area contributed by atoms with Crippen molar-refractivity contribution in [3.63, 3.8) is 0 Å². The van der Waals surface area contributed by atoms with Crippen LogP contribution in [0.2, 0.25) is 0 Å². The Labute approximate surface area is 74.9 Å². The molecule has 1 rings (SSSR count). The number of epoxide rings is 1. The number of hydrogen-bond donors (Lipinski definition) is 1. The normalized spacial score (nSPS) is 22.8. The largest absolute Gasteiger partial charge is 0.390 e. The van der Waals surface area contributed by atoms with E-state index in [1.54, 1.807) is 0 Å². The summed E-state index contributed by atoms with van der Waals surface area (Å²) in [7, 11) is 0. The Balaban J connectivity index is 2.32. The Morgan fingerprint density at radius 2 is 1.83 bits per heavy atom. The van der Waals surface area contributed by atoms with Crippen LogP contribution < -0.4 is 0 Å². The standard InChI is InChI=1S/C10H20O2/c1-3-5-10(11,6-4-2)7-9-8-12-9/h9,11H,3-8H2,1-2H3. The molecule has 0 aromatic rings. The second-order valence-electron chi connectivity index (χ2n) is 3.88. The molecule has 1 fully saturated rings. The van der Waals surface area contributed by atoms with Crippen molar-refractivity contribution >= 4 is 0 Å². The van der Waals surface area contributed by atoms with Crippen molar-refractivity contribution in [3.8, 4) is 0 Å². The molecule has 2 nitrogen and oxygen atoms in total. The Morgan fingerprint density at radius 1 is 1.33 bits per heavy atom. The van der Waals surface area contributed by atoms with Crippen LogP contribution in [0.5, 0.6) is 0 Å². The summed E-state index contributed by atoms with van der Waals surface area (Å²) in [5, 5.41) is 10.1. The molecule has 1 N–H and O–H groups in total. The molecule has 1 atom stereocenters. The van der Waals surface area contributed by atoms with Gasteiger partial charge in [-0.15, -0.1) is 0 Å². The lowest BCUT2D eigenvalue weighted by atomic mass is 9.88. The minimum absolute atomic E-state index is 0.355. The summed E-state index contributed by atoms with van der Waals surface area (Å²) in [5.74, 6) is 0. The minimum Gasteiger partial charge on any atom is -0.390 e. The van der Waals surface area contributed by atoms with Gasteiger partial charge in [0, 0.05) is 6.42 Å². The number of hydrogen-bond acceptors (Lipinski definition) is 2. The van der Waals surface area contributed by atoms with E-state index in [1.807, 2.05) is 0 Å². The molecule has 0 saturated carbocycles. The fourth-order valence-corrected chi connectivity index (χ4v) is 1.87. The third-order valence-electron chi connectivity index (χ3n) is 2.44. The Bertz CT molecular complexity index is 124. The van der Waals surface area contributed by atoms with Crippen LogP contribution in [0.25, 0.3) is 0 Å². The molecule has 0 aromatic heterocycles. The SMILES string of the molecule is CCCC(O)(CCC)CC1CO1. The zero-order valence-electron chi connectivity index (χ0n) is 8.18. The average molecular weight is 172 g/mol. The van der Waals surface area contributed by atoms with Gasteiger partial charge in [-0.05, 0) is 12.8 Å². The fraction of sp³-hybridized carbons (Fsp3) is 1.00. The van der Waals surface area contributed by atoms with Gasteiger partial charge in [0.2, 0.25) is 0 Å². The molecule has 1 heterocycles. The van der Waals surface area contributed by atoms with Crippen LogP contribution in [0.15, 0.2) is 0 Å². The summed E-state index contributed by atoms with van der Waals surface area (Å²) >= 11 is 0. The number of rotatable bonds is 6. The molecule has 1 saturated heterocycles. The van der Waals surface area contributed by atoms with E-state index < -0.39 is 5.60 Å². The fourth-order valence-electron chi connectivity index (χ4n) is 1.87. The molecule has 1 aliphatic rings. The quantitative estimate of drug-likeness (QED) is 0.622. The number of aliphatic hydroxyl groups is 1. The van der Waals surface area contributed by atoms with Crippen LogP contribution in [-0.2, 0) is 4.74 Å². The first-order valence-corrected chi connectivity index (χ1v) is 5.04. The summed E-state index contributed by atoms with van der Waals surface area (Å²) in [6, 6.07) is 0. The summed E-state index contributed by atoms with van der Waals surface area (Å²) < 4.78 is 5.14. The highest BCUT2D eigenvalue weighted by Gasteiger charge is 2.34. The minimum atomic E-state index is -0.440. The number of ether oxygens (including phenoxy) is 1. The monoisotopic (exact) mass is 172 g/mol. The van der Waals surface area contributed by atoms with Crippen molar-refractivity contribution in [1.29, 1.82) is 0 Å². The second kappa shape index (κ2) is 4.24. The smallest absolute Gasteiger partial charge is 0.0837 e. The summed E-state index contributed by atoms with van der Waals surface area (Å²) in [5.41, 5.74) is -0.440. The Morgan fingerprint density at radius 3 is 2.17 bits per heavy atom. The van der Waals surface area contributed by atoms with Crippen molar-refractivity contribution in [2.75, 3.05) is 6.61 Å². The Kier molecular flexibility index (Phi) is 3.53. The van der Waals surface area contributed by atoms with Crippen LogP contribution in [0.4, 0.5) is 0 Å². The molecule has 0 aliphatic carbocycles. The van der Waals surface area contributed by atoms with Gasteiger partial charge in [0.1, 0.15) is 0 Å². The van der Waals surface area contributed by atoms with Gasteiger partial charge >= 0.3 is 0 Å². The third kappa shape index (κ3) is 3.11. The summed E-state index contributed by atoms with van der Waals surface area (Å²) in [4.78, 5) is 0. The lowest BCUT2D eigenvalue weighted by Crippen LogP contribution is -2.30. The van der Waals surface area contributed by atoms with E-state index in [1.165, 1.54) is 0 Å². The molecule has 72 valence electrons. The predicted molar refractivity (Wildman–Crippen MR) is 49.1 cm³/mol. The molecule has 0 bridgehead atoms. The van der Waals surface area contributed by atoms with E-state index in [-0.39, 0.29) is 0 Å². The molecule has 0 radical (unpaired) electrons. The van der Waals surface area contributed by atoms with Gasteiger partial charge in [0.05, 0.1) is 18.3 Å². The topological polar surface area (TPSA) is 32.8 Å². The van der Waals surface area contributed by atoms with Gasteiger partial charge in [-0.25, -0.2) is 0 Å². The molecule has 2 heteroatoms. The highest BCUT2D eigenvalue weighted by atomic mass is 16.6. The van der Waals surface area contributed by atoms with E-state index in [9.17, 15) is 5.11 Å². The lowest BCUT2D eigenvalue weighted by molar-refractivity contribution is 0.00645. The van der Waals surface area contributed by atoms with E-state index in [2.05, 4.69) is 13.8 Å². The summed E-state index contributed by atoms with van der Waals surface area (Å²) in [6.45, 7) is 5.10. The van der Waals surface area contributed by atoms with Crippen molar-refractivity contribution in [2.45, 2.75) is 57.7 Å². The van der Waals surface area contributed by atoms with E-state index in [4.69, 9.17) is 4.74 Å². The first-order valence-electron chi connectivity index (χ1n) is 5.04. The van der Waals surface area contributed by atoms with Crippen LogP contribution >= 0.6 is 0 Å². The molecular formula is C10H20O2. The Hall–Kier alpha value is -0.0800. The van der Waals surface area contributed by atoms with Gasteiger partial charge in [-0.2, -0.15) is 0 Å². The molecule has 0 amide bonds. The maximum atomic E-state index is 10.1. The molecule has 0 aromatic carbocycles. The molecule has 12 heavy (non-hydrogen) atoms. The van der Waals surface area contributed by atoms with Crippen molar-refractivity contribution < 1.29 is 9.84 Å². The highest BCUT2D eigenvalue weighted by Crippen LogP contribution is 2.30. The third-order valence-corrected chi connectivity index (χ3v) is 2.44. The van der Waals surface area contributed by atoms with Crippen molar-refractivity contribution in [2.24, 2.45) is 0 Å². The maximum absolute atomic E-state index is 10.1. The lowest BCUT2D eigenvalue weighted by Gasteiger charge is -2.26. The van der Waals surface area contributed by atoms with Crippen molar-refractivity contribution in [1.82, 2.24) is 0 Å². The zero-order chi connectivity index (χ0) is 9.03. The molecule has 0 spiro atoms. The van der Waals surface area contributed by atoms with Gasteiger partial charge in [-0.1, -0.05) is 26.7 Å². The van der Waals surface area contributed by atoms with E-state index >= 15 is 0 Å². The van der Waals surface area contributed by atoms with Gasteiger partial charge in [0.25, 0.3) is 0 Å². The van der Waals surface area contributed by atoms with Gasteiger partial charge < -0.3 is 9.84 Å². The predicted octanol–water partition coefficient (Wildman–Crippen LogP) is 2.11. The summed E-state index contributed by atoms with van der Waals surface area (Å²) in [6.07, 6.45) is 5.15. The average Bonchev–Trinajstić information content (AvgIpc) is 2.72. The van der Waals surface area contributed by atoms with E-state index in [0.717, 1.165) is 38.7 Å². The first kappa shape index (κ1) is 10.0. The van der Waals surface area contributed by atoms with Crippen LogP contribution in [0.1, 0.15) is 46.0 Å². The highest BCUT2D eigenvalue weighted by molar-refractivity contribution is 4.85. The molecular weight excluding hydrogens is 152 g/mol. The van der Waals surface area contributed by atoms with E-state index in [0.29, 0.717) is 6.10 Å². The zero-order valence-corrected chi connectivity index (χ0v) is 8.18. The molecule has 1 aliphatic heterocycles.